The molecule has 0 aliphatic carbocycles. The van der Waals surface area contributed by atoms with Gasteiger partial charge in [-0.25, -0.2) is 13.8 Å². The summed E-state index contributed by atoms with van der Waals surface area (Å²) in [6, 6.07) is 5.75. The van der Waals surface area contributed by atoms with Crippen LogP contribution in [0.3, 0.4) is 0 Å². The van der Waals surface area contributed by atoms with Gasteiger partial charge in [-0.3, -0.25) is 9.59 Å². The predicted octanol–water partition coefficient (Wildman–Crippen LogP) is 2.43. The maximum atomic E-state index is 13.3. The maximum absolute atomic E-state index is 13.3. The number of fused-ring (bicyclic) bond motifs is 1. The van der Waals surface area contributed by atoms with Gasteiger partial charge in [0.15, 0.2) is 0 Å². The molecule has 0 atom stereocenters. The molecule has 7 nitrogen and oxygen atoms in total. The fourth-order valence-electron chi connectivity index (χ4n) is 3.66. The second kappa shape index (κ2) is 7.53. The average molecular weight is 383 g/mol. The summed E-state index contributed by atoms with van der Waals surface area (Å²) >= 11 is 0. The Hall–Kier alpha value is -3.03. The first kappa shape index (κ1) is 18.3. The Morgan fingerprint density at radius 2 is 1.79 bits per heavy atom. The van der Waals surface area contributed by atoms with Crippen molar-refractivity contribution in [2.75, 3.05) is 13.1 Å². The van der Waals surface area contributed by atoms with Crippen molar-refractivity contribution in [3.8, 4) is 5.69 Å². The molecule has 0 bridgehead atoms. The Balaban J connectivity index is 1.72. The molecule has 2 aromatic heterocycles. The number of nitrogens with zero attached hydrogens (tertiary/aromatic N) is 5. The molecular weight excluding hydrogens is 361 g/mol. The van der Waals surface area contributed by atoms with Crippen LogP contribution in [0, 0.1) is 12.7 Å². The third kappa shape index (κ3) is 3.42. The molecule has 0 radical (unpaired) electrons. The van der Waals surface area contributed by atoms with Crippen molar-refractivity contribution in [1.82, 2.24) is 24.5 Å². The molecular formula is C20H22FN5O2. The second-order valence-corrected chi connectivity index (χ2v) is 7.14. The molecule has 0 N–H and O–H groups in total. The number of carbonyl (C=O) groups is 1. The molecule has 1 aliphatic heterocycles. The number of benzene rings is 1. The van der Waals surface area contributed by atoms with Gasteiger partial charge in [0.25, 0.3) is 5.56 Å². The monoisotopic (exact) mass is 383 g/mol. The smallest absolute Gasteiger partial charge is 0.293 e. The van der Waals surface area contributed by atoms with Crippen LogP contribution in [-0.2, 0) is 11.3 Å². The van der Waals surface area contributed by atoms with Gasteiger partial charge in [-0.05, 0) is 44.0 Å². The van der Waals surface area contributed by atoms with Crippen molar-refractivity contribution in [1.29, 1.82) is 0 Å². The minimum atomic E-state index is -0.384. The number of amides is 1. The number of rotatable bonds is 3. The fourth-order valence-corrected chi connectivity index (χ4v) is 3.66. The van der Waals surface area contributed by atoms with Gasteiger partial charge < -0.3 is 4.90 Å². The molecule has 0 saturated carbocycles. The van der Waals surface area contributed by atoms with Gasteiger partial charge in [-0.1, -0.05) is 12.8 Å². The van der Waals surface area contributed by atoms with Crippen molar-refractivity contribution in [3.05, 3.63) is 52.3 Å². The lowest BCUT2D eigenvalue weighted by atomic mass is 10.2. The normalized spacial score (nSPS) is 15.0. The second-order valence-electron chi connectivity index (χ2n) is 7.14. The molecule has 1 saturated heterocycles. The first-order valence-corrected chi connectivity index (χ1v) is 9.54. The molecule has 146 valence electrons. The van der Waals surface area contributed by atoms with Crippen molar-refractivity contribution < 1.29 is 9.18 Å². The number of hydrogen-bond donors (Lipinski definition) is 0. The van der Waals surface area contributed by atoms with Gasteiger partial charge in [-0.2, -0.15) is 10.2 Å². The largest absolute Gasteiger partial charge is 0.341 e. The molecule has 1 amide bonds. The summed E-state index contributed by atoms with van der Waals surface area (Å²) < 4.78 is 15.9. The van der Waals surface area contributed by atoms with Crippen LogP contribution < -0.4 is 5.56 Å². The summed E-state index contributed by atoms with van der Waals surface area (Å²) in [7, 11) is 0. The predicted molar refractivity (Wildman–Crippen MR) is 103 cm³/mol. The van der Waals surface area contributed by atoms with Crippen LogP contribution in [0.4, 0.5) is 4.39 Å². The first-order valence-electron chi connectivity index (χ1n) is 9.54. The van der Waals surface area contributed by atoms with E-state index in [0.29, 0.717) is 22.3 Å². The van der Waals surface area contributed by atoms with Crippen LogP contribution in [0.25, 0.3) is 16.6 Å². The van der Waals surface area contributed by atoms with Crippen LogP contribution in [0.5, 0.6) is 0 Å². The highest BCUT2D eigenvalue weighted by atomic mass is 19.1. The Labute approximate surface area is 161 Å². The van der Waals surface area contributed by atoms with E-state index in [4.69, 9.17) is 0 Å². The molecule has 3 aromatic rings. The van der Waals surface area contributed by atoms with E-state index in [1.807, 2.05) is 4.90 Å². The lowest BCUT2D eigenvalue weighted by Crippen LogP contribution is -2.38. The average Bonchev–Trinajstić information content (AvgIpc) is 2.95. The standard InChI is InChI=1S/C20H22FN5O2/c1-14-17-12-22-26(16-8-6-15(21)7-9-16)19(17)20(28)25(23-14)13-18(27)24-10-4-2-3-5-11-24/h6-9,12H,2-5,10-11,13H2,1H3. The van der Waals surface area contributed by atoms with Gasteiger partial charge >= 0.3 is 0 Å². The van der Waals surface area contributed by atoms with E-state index >= 15 is 0 Å². The highest BCUT2D eigenvalue weighted by Crippen LogP contribution is 2.17. The van der Waals surface area contributed by atoms with Crippen LogP contribution in [0.1, 0.15) is 31.4 Å². The van der Waals surface area contributed by atoms with Crippen molar-refractivity contribution >= 4 is 16.8 Å². The molecule has 1 fully saturated rings. The van der Waals surface area contributed by atoms with Crippen LogP contribution >= 0.6 is 0 Å². The molecule has 8 heteroatoms. The zero-order chi connectivity index (χ0) is 19.7. The van der Waals surface area contributed by atoms with E-state index in [1.165, 1.54) is 21.5 Å². The summed E-state index contributed by atoms with van der Waals surface area (Å²) in [6.07, 6.45) is 5.81. The molecule has 28 heavy (non-hydrogen) atoms. The summed E-state index contributed by atoms with van der Waals surface area (Å²) in [5.74, 6) is -0.457. The van der Waals surface area contributed by atoms with Crippen molar-refractivity contribution in [3.63, 3.8) is 0 Å². The number of aromatic nitrogens is 4. The lowest BCUT2D eigenvalue weighted by Gasteiger charge is -2.20. The zero-order valence-electron chi connectivity index (χ0n) is 15.8. The molecule has 4 rings (SSSR count). The lowest BCUT2D eigenvalue weighted by molar-refractivity contribution is -0.132. The van der Waals surface area contributed by atoms with E-state index in [2.05, 4.69) is 10.2 Å². The van der Waals surface area contributed by atoms with E-state index in [1.54, 1.807) is 25.3 Å². The number of aryl methyl sites for hydroxylation is 1. The van der Waals surface area contributed by atoms with Crippen LogP contribution in [-0.4, -0.2) is 43.5 Å². The summed E-state index contributed by atoms with van der Waals surface area (Å²) in [4.78, 5) is 27.6. The zero-order valence-corrected chi connectivity index (χ0v) is 15.8. The Kier molecular flexibility index (Phi) is 4.93. The molecule has 1 aliphatic rings. The molecule has 0 spiro atoms. The topological polar surface area (TPSA) is 73.0 Å². The van der Waals surface area contributed by atoms with Gasteiger partial charge in [0, 0.05) is 18.5 Å². The van der Waals surface area contributed by atoms with Crippen molar-refractivity contribution in [2.45, 2.75) is 39.2 Å². The highest BCUT2D eigenvalue weighted by Gasteiger charge is 2.20. The number of hydrogen-bond acceptors (Lipinski definition) is 4. The summed E-state index contributed by atoms with van der Waals surface area (Å²) in [5, 5.41) is 9.23. The molecule has 1 aromatic carbocycles. The summed E-state index contributed by atoms with van der Waals surface area (Å²) in [6.45, 7) is 3.14. The molecule has 3 heterocycles. The van der Waals surface area contributed by atoms with Gasteiger partial charge in [-0.15, -0.1) is 0 Å². The number of likely N-dealkylation sites (tertiary alicyclic amines) is 1. The van der Waals surface area contributed by atoms with E-state index in [0.717, 1.165) is 38.8 Å². The quantitative estimate of drug-likeness (QED) is 0.696. The Morgan fingerprint density at radius 3 is 2.46 bits per heavy atom. The SMILES string of the molecule is Cc1nn(CC(=O)N2CCCCCC2)c(=O)c2c1cnn2-c1ccc(F)cc1. The highest BCUT2D eigenvalue weighted by molar-refractivity contribution is 5.82. The number of halogens is 1. The van der Waals surface area contributed by atoms with Crippen LogP contribution in [0.15, 0.2) is 35.3 Å². The van der Waals surface area contributed by atoms with E-state index < -0.39 is 0 Å². The van der Waals surface area contributed by atoms with Crippen molar-refractivity contribution in [2.24, 2.45) is 0 Å². The summed E-state index contributed by atoms with van der Waals surface area (Å²) in [5.41, 5.74) is 1.14. The fraction of sp³-hybridized carbons (Fsp3) is 0.400. The van der Waals surface area contributed by atoms with Gasteiger partial charge in [0.2, 0.25) is 5.91 Å². The van der Waals surface area contributed by atoms with Gasteiger partial charge in [0.1, 0.15) is 17.9 Å². The minimum Gasteiger partial charge on any atom is -0.341 e. The maximum Gasteiger partial charge on any atom is 0.293 e. The number of carbonyl (C=O) groups excluding carboxylic acids is 1. The minimum absolute atomic E-state index is 0.0930. The third-order valence-electron chi connectivity index (χ3n) is 5.18. The van der Waals surface area contributed by atoms with Gasteiger partial charge in [0.05, 0.1) is 17.6 Å². The molecule has 0 unspecified atom stereocenters. The third-order valence-corrected chi connectivity index (χ3v) is 5.18. The van der Waals surface area contributed by atoms with Crippen LogP contribution in [0.2, 0.25) is 0 Å². The van der Waals surface area contributed by atoms with E-state index in [-0.39, 0.29) is 23.8 Å². The first-order chi connectivity index (χ1) is 13.5. The Bertz CT molecular complexity index is 1060. The van der Waals surface area contributed by atoms with E-state index in [9.17, 15) is 14.0 Å². The Morgan fingerprint density at radius 1 is 1.11 bits per heavy atom.